The number of benzene rings is 2. The highest BCUT2D eigenvalue weighted by Crippen LogP contribution is 2.13. The van der Waals surface area contributed by atoms with Gasteiger partial charge in [-0.05, 0) is 18.5 Å². The molecule has 0 N–H and O–H groups in total. The van der Waals surface area contributed by atoms with Gasteiger partial charge in [-0.1, -0.05) is 103 Å². The Bertz CT molecular complexity index is 604. The average Bonchev–Trinajstić information content (AvgIpc) is 2.46. The molecule has 0 aliphatic rings. The molecule has 0 aromatic heterocycles. The molecule has 0 unspecified atom stereocenters. The van der Waals surface area contributed by atoms with Crippen LogP contribution in [0, 0.1) is 6.92 Å². The minimum absolute atomic E-state index is 1.20. The number of rotatable bonds is 5. The predicted molar refractivity (Wildman–Crippen MR) is 97.0 cm³/mol. The van der Waals surface area contributed by atoms with Crippen molar-refractivity contribution < 1.29 is 0 Å². The molecule has 0 radical (unpaired) electrons. The summed E-state index contributed by atoms with van der Waals surface area (Å²) in [6, 6.07) is 20.6. The lowest BCUT2D eigenvalue weighted by atomic mass is 10.1. The van der Waals surface area contributed by atoms with Crippen LogP contribution < -0.4 is 0 Å². The van der Waals surface area contributed by atoms with Crippen LogP contribution in [0.3, 0.4) is 0 Å². The highest BCUT2D eigenvalue weighted by Gasteiger charge is 2.16. The summed E-state index contributed by atoms with van der Waals surface area (Å²) in [6.07, 6.45) is 6.54. The molecule has 2 rings (SSSR count). The quantitative estimate of drug-likeness (QED) is 0.497. The lowest BCUT2D eigenvalue weighted by Gasteiger charge is -2.17. The van der Waals surface area contributed by atoms with Crippen molar-refractivity contribution in [1.29, 1.82) is 0 Å². The Labute approximate surface area is 129 Å². The molecular formula is C20H24Si. The lowest BCUT2D eigenvalue weighted by molar-refractivity contribution is 1.32. The summed E-state index contributed by atoms with van der Waals surface area (Å²) in [5.41, 5.74) is 6.43. The number of aryl methyl sites for hydroxylation is 1. The zero-order valence-electron chi connectivity index (χ0n) is 13.2. The van der Waals surface area contributed by atoms with E-state index in [1.165, 1.54) is 22.7 Å². The fourth-order valence-corrected chi connectivity index (χ4v) is 4.38. The second kappa shape index (κ2) is 7.23. The molecule has 2 aromatic rings. The standard InChI is InChI=1S/C20H24Si/c1-18-12-14-19(15-13-18)9-7-8-16-21(2,3)17-20-10-5-4-6-11-20/h4-16H,17H2,1-3H3/b9-7+,16-8+. The molecule has 0 spiro atoms. The van der Waals surface area contributed by atoms with Gasteiger partial charge in [0.1, 0.15) is 0 Å². The highest BCUT2D eigenvalue weighted by molar-refractivity contribution is 6.81. The molecule has 1 heteroatoms. The Kier molecular flexibility index (Phi) is 5.35. The van der Waals surface area contributed by atoms with Crippen molar-refractivity contribution in [3.63, 3.8) is 0 Å². The maximum absolute atomic E-state index is 2.42. The van der Waals surface area contributed by atoms with E-state index in [0.717, 1.165) is 0 Å². The SMILES string of the molecule is Cc1ccc(/C=C/C=C/[Si](C)(C)Cc2ccccc2)cc1. The van der Waals surface area contributed by atoms with Gasteiger partial charge in [0.25, 0.3) is 0 Å². The Morgan fingerprint density at radius 3 is 2.19 bits per heavy atom. The molecule has 0 saturated heterocycles. The normalized spacial score (nSPS) is 12.3. The monoisotopic (exact) mass is 292 g/mol. The summed E-state index contributed by atoms with van der Waals surface area (Å²) in [4.78, 5) is 0. The molecule has 0 heterocycles. The Morgan fingerprint density at radius 1 is 0.857 bits per heavy atom. The second-order valence-corrected chi connectivity index (χ2v) is 10.9. The van der Waals surface area contributed by atoms with Crippen LogP contribution in [0.1, 0.15) is 16.7 Å². The van der Waals surface area contributed by atoms with E-state index in [4.69, 9.17) is 0 Å². The van der Waals surface area contributed by atoms with E-state index < -0.39 is 8.07 Å². The molecule has 0 nitrogen and oxygen atoms in total. The van der Waals surface area contributed by atoms with Gasteiger partial charge in [-0.15, -0.1) is 0 Å². The van der Waals surface area contributed by atoms with Crippen LogP contribution in [0.4, 0.5) is 0 Å². The minimum Gasteiger partial charge on any atom is -0.0944 e. The lowest BCUT2D eigenvalue weighted by Crippen LogP contribution is -2.26. The van der Waals surface area contributed by atoms with Crippen molar-refractivity contribution in [3.8, 4) is 0 Å². The zero-order chi connectivity index (χ0) is 15.1. The van der Waals surface area contributed by atoms with Crippen LogP contribution in [-0.2, 0) is 6.04 Å². The van der Waals surface area contributed by atoms with Crippen LogP contribution in [0.2, 0.25) is 13.1 Å². The highest BCUT2D eigenvalue weighted by atomic mass is 28.3. The van der Waals surface area contributed by atoms with Crippen LogP contribution in [0.5, 0.6) is 0 Å². The molecule has 0 bridgehead atoms. The Morgan fingerprint density at radius 2 is 1.52 bits per heavy atom. The maximum atomic E-state index is 2.42. The molecule has 21 heavy (non-hydrogen) atoms. The van der Waals surface area contributed by atoms with E-state index in [1.54, 1.807) is 0 Å². The van der Waals surface area contributed by atoms with Crippen LogP contribution in [0.25, 0.3) is 6.08 Å². The third kappa shape index (κ3) is 5.56. The van der Waals surface area contributed by atoms with Gasteiger partial charge in [0, 0.05) is 0 Å². The number of hydrogen-bond donors (Lipinski definition) is 0. The summed E-state index contributed by atoms with van der Waals surface area (Å²) in [5, 5.41) is 0. The first-order valence-corrected chi connectivity index (χ1v) is 10.8. The molecule has 108 valence electrons. The third-order valence-corrected chi connectivity index (χ3v) is 5.94. The van der Waals surface area contributed by atoms with E-state index in [1.807, 2.05) is 0 Å². The van der Waals surface area contributed by atoms with Gasteiger partial charge in [-0.25, -0.2) is 0 Å². The summed E-state index contributed by atoms with van der Waals surface area (Å²) in [6.45, 7) is 6.94. The molecule has 0 fully saturated rings. The van der Waals surface area contributed by atoms with Crippen LogP contribution in [-0.4, -0.2) is 8.07 Å². The first kappa shape index (κ1) is 15.5. The molecule has 0 aliphatic carbocycles. The van der Waals surface area contributed by atoms with E-state index in [-0.39, 0.29) is 0 Å². The van der Waals surface area contributed by atoms with E-state index >= 15 is 0 Å². The molecular weight excluding hydrogens is 268 g/mol. The Hall–Kier alpha value is -1.86. The maximum Gasteiger partial charge on any atom is 0.0760 e. The van der Waals surface area contributed by atoms with Crippen molar-refractivity contribution in [2.45, 2.75) is 26.1 Å². The zero-order valence-corrected chi connectivity index (χ0v) is 14.2. The van der Waals surface area contributed by atoms with Crippen molar-refractivity contribution in [1.82, 2.24) is 0 Å². The Balaban J connectivity index is 1.94. The summed E-state index contributed by atoms with van der Waals surface area (Å²) < 4.78 is 0. The van der Waals surface area contributed by atoms with Crippen molar-refractivity contribution >= 4 is 14.1 Å². The van der Waals surface area contributed by atoms with Crippen molar-refractivity contribution in [2.24, 2.45) is 0 Å². The fourth-order valence-electron chi connectivity index (χ4n) is 2.34. The van der Waals surface area contributed by atoms with E-state index in [0.29, 0.717) is 0 Å². The van der Waals surface area contributed by atoms with Gasteiger partial charge in [0.05, 0.1) is 8.07 Å². The van der Waals surface area contributed by atoms with Gasteiger partial charge < -0.3 is 0 Å². The first-order valence-electron chi connectivity index (χ1n) is 7.52. The van der Waals surface area contributed by atoms with Gasteiger partial charge in [0.15, 0.2) is 0 Å². The smallest absolute Gasteiger partial charge is 0.0760 e. The summed E-state index contributed by atoms with van der Waals surface area (Å²) >= 11 is 0. The van der Waals surface area contributed by atoms with E-state index in [2.05, 4.69) is 98.5 Å². The second-order valence-electron chi connectivity index (χ2n) is 6.28. The van der Waals surface area contributed by atoms with Crippen LogP contribution in [0.15, 0.2) is 72.4 Å². The number of allylic oxidation sites excluding steroid dienone is 2. The average molecular weight is 292 g/mol. The third-order valence-electron chi connectivity index (χ3n) is 3.53. The van der Waals surface area contributed by atoms with Crippen molar-refractivity contribution in [3.05, 3.63) is 89.1 Å². The largest absolute Gasteiger partial charge is 0.0944 e. The molecule has 0 aliphatic heterocycles. The number of hydrogen-bond acceptors (Lipinski definition) is 0. The summed E-state index contributed by atoms with van der Waals surface area (Å²) in [5.74, 6) is 0. The van der Waals surface area contributed by atoms with E-state index in [9.17, 15) is 0 Å². The fraction of sp³-hybridized carbons (Fsp3) is 0.200. The van der Waals surface area contributed by atoms with Gasteiger partial charge in [-0.3, -0.25) is 0 Å². The summed E-state index contributed by atoms with van der Waals surface area (Å²) in [7, 11) is -1.32. The molecule has 0 amide bonds. The topological polar surface area (TPSA) is 0 Å². The first-order chi connectivity index (χ1) is 10.1. The van der Waals surface area contributed by atoms with Gasteiger partial charge in [0.2, 0.25) is 0 Å². The van der Waals surface area contributed by atoms with Crippen molar-refractivity contribution in [2.75, 3.05) is 0 Å². The molecule has 0 atom stereocenters. The van der Waals surface area contributed by atoms with Crippen LogP contribution >= 0.6 is 0 Å². The predicted octanol–water partition coefficient (Wildman–Crippen LogP) is 5.59. The minimum atomic E-state index is -1.32. The molecule has 2 aromatic carbocycles. The van der Waals surface area contributed by atoms with Gasteiger partial charge in [-0.2, -0.15) is 0 Å². The molecule has 0 saturated carbocycles. The van der Waals surface area contributed by atoms with Gasteiger partial charge >= 0.3 is 0 Å².